The number of aliphatic hydroxyl groups is 1. The number of methoxy groups -OCH3 is 1. The molecule has 0 aromatic heterocycles. The molecule has 2 rings (SSSR count). The van der Waals surface area contributed by atoms with Crippen LogP contribution < -0.4 is 9.47 Å². The maximum Gasteiger partial charge on any atom is 0.387 e. The first-order valence-electron chi connectivity index (χ1n) is 7.53. The third-order valence-electron chi connectivity index (χ3n) is 3.97. The summed E-state index contributed by atoms with van der Waals surface area (Å²) in [6.07, 6.45) is 2.38. The Morgan fingerprint density at radius 1 is 1.41 bits per heavy atom. The van der Waals surface area contributed by atoms with Gasteiger partial charge in [0.2, 0.25) is 0 Å². The maximum atomic E-state index is 12.5. The lowest BCUT2D eigenvalue weighted by Crippen LogP contribution is -2.31. The average Bonchev–Trinajstić information content (AvgIpc) is 2.86. The van der Waals surface area contributed by atoms with Crippen molar-refractivity contribution in [3.05, 3.63) is 23.8 Å². The van der Waals surface area contributed by atoms with Crippen LogP contribution in [0.4, 0.5) is 8.78 Å². The van der Waals surface area contributed by atoms with E-state index >= 15 is 0 Å². The van der Waals surface area contributed by atoms with E-state index in [9.17, 15) is 13.9 Å². The van der Waals surface area contributed by atoms with Gasteiger partial charge in [0.25, 0.3) is 0 Å². The Kier molecular flexibility index (Phi) is 5.97. The van der Waals surface area contributed by atoms with Gasteiger partial charge in [0.15, 0.2) is 0 Å². The van der Waals surface area contributed by atoms with Crippen LogP contribution in [-0.4, -0.2) is 42.4 Å². The minimum Gasteiger partial charge on any atom is -0.497 e. The van der Waals surface area contributed by atoms with Crippen molar-refractivity contribution in [1.29, 1.82) is 0 Å². The quantitative estimate of drug-likeness (QED) is 0.840. The molecular formula is C16H23F2NO3. The fraction of sp³-hybridized carbons (Fsp3) is 0.625. The number of nitrogens with zero attached hydrogens (tertiary/aromatic N) is 1. The minimum absolute atomic E-state index is 0.179. The van der Waals surface area contributed by atoms with Crippen LogP contribution in [0.1, 0.15) is 31.7 Å². The first-order chi connectivity index (χ1) is 10.5. The summed E-state index contributed by atoms with van der Waals surface area (Å²) in [7, 11) is 1.54. The minimum atomic E-state index is -2.85. The Hall–Kier alpha value is -1.40. The second-order valence-electron chi connectivity index (χ2n) is 5.70. The van der Waals surface area contributed by atoms with E-state index in [0.717, 1.165) is 19.4 Å². The predicted octanol–water partition coefficient (Wildman–Crippen LogP) is 3.03. The van der Waals surface area contributed by atoms with E-state index in [2.05, 4.69) is 9.64 Å². The topological polar surface area (TPSA) is 41.9 Å². The predicted molar refractivity (Wildman–Crippen MR) is 79.4 cm³/mol. The smallest absolute Gasteiger partial charge is 0.387 e. The van der Waals surface area contributed by atoms with Crippen LogP contribution in [0.25, 0.3) is 0 Å². The number of benzene rings is 1. The van der Waals surface area contributed by atoms with Crippen molar-refractivity contribution in [1.82, 2.24) is 4.90 Å². The summed E-state index contributed by atoms with van der Waals surface area (Å²) in [5.41, 5.74) is 0.678. The molecule has 0 saturated carbocycles. The number of halogens is 2. The molecule has 0 spiro atoms. The van der Waals surface area contributed by atoms with Gasteiger partial charge in [0.1, 0.15) is 11.5 Å². The van der Waals surface area contributed by atoms with Gasteiger partial charge in [-0.3, -0.25) is 4.90 Å². The molecule has 1 aliphatic rings. The summed E-state index contributed by atoms with van der Waals surface area (Å²) in [5.74, 6) is 0.793. The fourth-order valence-electron chi connectivity index (χ4n) is 3.00. The Morgan fingerprint density at radius 3 is 2.82 bits per heavy atom. The Labute approximate surface area is 129 Å². The number of hydrogen-bond donors (Lipinski definition) is 1. The molecule has 6 heteroatoms. The van der Waals surface area contributed by atoms with Gasteiger partial charge in [-0.15, -0.1) is 0 Å². The van der Waals surface area contributed by atoms with Gasteiger partial charge >= 0.3 is 6.61 Å². The molecule has 2 atom stereocenters. The van der Waals surface area contributed by atoms with E-state index in [1.165, 1.54) is 6.07 Å². The third kappa shape index (κ3) is 4.55. The molecule has 1 aliphatic heterocycles. The molecule has 2 unspecified atom stereocenters. The molecule has 1 aromatic rings. The second-order valence-corrected chi connectivity index (χ2v) is 5.70. The number of likely N-dealkylation sites (tertiary alicyclic amines) is 1. The highest BCUT2D eigenvalue weighted by Gasteiger charge is 2.26. The SMILES string of the molecule is COc1ccc(OC(F)F)c(CN2CCCC2CC(C)O)c1. The fourth-order valence-corrected chi connectivity index (χ4v) is 3.00. The second kappa shape index (κ2) is 7.74. The van der Waals surface area contributed by atoms with E-state index in [0.29, 0.717) is 24.3 Å². The van der Waals surface area contributed by atoms with Gasteiger partial charge in [-0.2, -0.15) is 8.78 Å². The van der Waals surface area contributed by atoms with Gasteiger partial charge in [0, 0.05) is 18.2 Å². The summed E-state index contributed by atoms with van der Waals surface area (Å²) in [5, 5.41) is 9.58. The summed E-state index contributed by atoms with van der Waals surface area (Å²) < 4.78 is 34.9. The van der Waals surface area contributed by atoms with Crippen molar-refractivity contribution in [2.45, 2.75) is 51.5 Å². The number of hydrogen-bond acceptors (Lipinski definition) is 4. The van der Waals surface area contributed by atoms with E-state index < -0.39 is 6.61 Å². The number of rotatable bonds is 7. The van der Waals surface area contributed by atoms with Gasteiger partial charge in [0.05, 0.1) is 13.2 Å². The summed E-state index contributed by atoms with van der Waals surface area (Å²) in [6, 6.07) is 5.12. The van der Waals surface area contributed by atoms with Crippen molar-refractivity contribution in [3.8, 4) is 11.5 Å². The van der Waals surface area contributed by atoms with Crippen molar-refractivity contribution in [3.63, 3.8) is 0 Å². The van der Waals surface area contributed by atoms with Crippen LogP contribution in [0.5, 0.6) is 11.5 Å². The zero-order valence-corrected chi connectivity index (χ0v) is 13.0. The van der Waals surface area contributed by atoms with Crippen molar-refractivity contribution >= 4 is 0 Å². The maximum absolute atomic E-state index is 12.5. The standard InChI is InChI=1S/C16H23F2NO3/c1-11(20)8-13-4-3-7-19(13)10-12-9-14(21-2)5-6-15(12)22-16(17)18/h5-6,9,11,13,16,20H,3-4,7-8,10H2,1-2H3. The summed E-state index contributed by atoms with van der Waals surface area (Å²) in [4.78, 5) is 2.21. The molecule has 1 saturated heterocycles. The van der Waals surface area contributed by atoms with E-state index in [-0.39, 0.29) is 17.9 Å². The molecule has 1 aromatic carbocycles. The highest BCUT2D eigenvalue weighted by atomic mass is 19.3. The lowest BCUT2D eigenvalue weighted by atomic mass is 10.1. The van der Waals surface area contributed by atoms with Crippen LogP contribution >= 0.6 is 0 Å². The largest absolute Gasteiger partial charge is 0.497 e. The molecule has 0 amide bonds. The monoisotopic (exact) mass is 315 g/mol. The van der Waals surface area contributed by atoms with Crippen LogP contribution in [0.15, 0.2) is 18.2 Å². The van der Waals surface area contributed by atoms with Crippen LogP contribution in [0.2, 0.25) is 0 Å². The number of alkyl halides is 2. The lowest BCUT2D eigenvalue weighted by Gasteiger charge is -2.26. The normalized spacial score (nSPS) is 20.4. The Bertz CT molecular complexity index is 482. The molecule has 0 bridgehead atoms. The zero-order valence-electron chi connectivity index (χ0n) is 13.0. The van der Waals surface area contributed by atoms with Gasteiger partial charge in [-0.25, -0.2) is 0 Å². The molecule has 1 N–H and O–H groups in total. The summed E-state index contributed by atoms with van der Waals surface area (Å²) in [6.45, 7) is 0.325. The van der Waals surface area contributed by atoms with E-state index in [4.69, 9.17) is 4.74 Å². The molecule has 1 heterocycles. The lowest BCUT2D eigenvalue weighted by molar-refractivity contribution is -0.0508. The van der Waals surface area contributed by atoms with Crippen LogP contribution in [0, 0.1) is 0 Å². The molecule has 124 valence electrons. The van der Waals surface area contributed by atoms with Crippen molar-refractivity contribution < 1.29 is 23.4 Å². The molecule has 22 heavy (non-hydrogen) atoms. The molecule has 0 aliphatic carbocycles. The highest BCUT2D eigenvalue weighted by Crippen LogP contribution is 2.30. The van der Waals surface area contributed by atoms with Gasteiger partial charge < -0.3 is 14.6 Å². The van der Waals surface area contributed by atoms with Crippen molar-refractivity contribution in [2.24, 2.45) is 0 Å². The van der Waals surface area contributed by atoms with Gasteiger partial charge in [-0.1, -0.05) is 0 Å². The zero-order chi connectivity index (χ0) is 16.1. The molecule has 4 nitrogen and oxygen atoms in total. The van der Waals surface area contributed by atoms with Gasteiger partial charge in [-0.05, 0) is 50.9 Å². The molecule has 1 fully saturated rings. The summed E-state index contributed by atoms with van der Waals surface area (Å²) >= 11 is 0. The Morgan fingerprint density at radius 2 is 2.18 bits per heavy atom. The first kappa shape index (κ1) is 17.0. The average molecular weight is 315 g/mol. The molecule has 0 radical (unpaired) electrons. The van der Waals surface area contributed by atoms with Crippen LogP contribution in [-0.2, 0) is 6.54 Å². The van der Waals surface area contributed by atoms with Crippen molar-refractivity contribution in [2.75, 3.05) is 13.7 Å². The number of ether oxygens (including phenoxy) is 2. The first-order valence-corrected chi connectivity index (χ1v) is 7.53. The van der Waals surface area contributed by atoms with E-state index in [1.807, 2.05) is 0 Å². The third-order valence-corrected chi connectivity index (χ3v) is 3.97. The Balaban J connectivity index is 2.15. The van der Waals surface area contributed by atoms with E-state index in [1.54, 1.807) is 26.2 Å². The highest BCUT2D eigenvalue weighted by molar-refractivity contribution is 5.40. The van der Waals surface area contributed by atoms with Crippen LogP contribution in [0.3, 0.4) is 0 Å². The number of aliphatic hydroxyl groups excluding tert-OH is 1. The molecular weight excluding hydrogens is 292 g/mol.